The van der Waals surface area contributed by atoms with E-state index in [2.05, 4.69) is 20.9 Å². The average molecular weight is 545 g/mol. The number of ether oxygens (including phenoxy) is 1. The Morgan fingerprint density at radius 3 is 2.66 bits per heavy atom. The van der Waals surface area contributed by atoms with Gasteiger partial charge >= 0.3 is 12.1 Å². The van der Waals surface area contributed by atoms with Gasteiger partial charge in [0.1, 0.15) is 18.2 Å². The maximum Gasteiger partial charge on any atom is 0.412 e. The Hall–Kier alpha value is -3.96. The van der Waals surface area contributed by atoms with Gasteiger partial charge in [-0.15, -0.1) is 0 Å². The topological polar surface area (TPSA) is 139 Å². The van der Waals surface area contributed by atoms with Crippen LogP contribution in [0.4, 0.5) is 19.8 Å². The largest absolute Gasteiger partial charge is 0.447 e. The second-order valence-electron chi connectivity index (χ2n) is 8.47. The molecule has 4 amide bonds. The van der Waals surface area contributed by atoms with Crippen LogP contribution in [0.15, 0.2) is 54.7 Å². The van der Waals surface area contributed by atoms with Gasteiger partial charge in [0.2, 0.25) is 5.91 Å². The number of hydrogen-bond acceptors (Lipinski definition) is 6. The van der Waals surface area contributed by atoms with Crippen molar-refractivity contribution in [2.45, 2.75) is 25.4 Å². The first-order valence-corrected chi connectivity index (χ1v) is 12.3. The minimum absolute atomic E-state index is 0.00796. The fraction of sp³-hybridized carbons (Fsp3) is 0.308. The molecular formula is C26H30ClFN6O4. The van der Waals surface area contributed by atoms with E-state index >= 15 is 0 Å². The molecule has 2 aromatic carbocycles. The van der Waals surface area contributed by atoms with Crippen LogP contribution < -0.4 is 21.7 Å². The minimum atomic E-state index is -0.727. The number of urea groups is 1. The predicted octanol–water partition coefficient (Wildman–Crippen LogP) is 3.64. The minimum Gasteiger partial charge on any atom is -0.447 e. The standard InChI is InChI=1S/C26H30ClFN6O4/c1-34(25(36)32-15-19-8-4-10-21(28)24(19)27)20(9-5-11-30-23(35)13-29)16-38-26(37)33-22-12-17-6-2-3-7-18(17)14-31-22/h2-4,6-8,10,12,14,20H,5,9,11,13,15-16,29H2,1H3,(H,30,35)(H,32,36)(H,31,33,37)/t20-/m0/s1. The number of nitrogens with two attached hydrogens (primary N) is 1. The number of halogens is 2. The maximum absolute atomic E-state index is 13.7. The number of hydrogen-bond donors (Lipinski definition) is 4. The lowest BCUT2D eigenvalue weighted by Crippen LogP contribution is -2.46. The third kappa shape index (κ3) is 8.29. The molecule has 0 unspecified atom stereocenters. The molecule has 0 saturated heterocycles. The zero-order chi connectivity index (χ0) is 27.5. The van der Waals surface area contributed by atoms with Crippen molar-refractivity contribution < 1.29 is 23.5 Å². The van der Waals surface area contributed by atoms with Crippen molar-refractivity contribution in [3.05, 3.63) is 71.1 Å². The van der Waals surface area contributed by atoms with Crippen molar-refractivity contribution in [3.63, 3.8) is 0 Å². The lowest BCUT2D eigenvalue weighted by atomic mass is 10.1. The van der Waals surface area contributed by atoms with Gasteiger partial charge in [-0.25, -0.2) is 19.0 Å². The zero-order valence-corrected chi connectivity index (χ0v) is 21.6. The third-order valence-electron chi connectivity index (χ3n) is 5.82. The summed E-state index contributed by atoms with van der Waals surface area (Å²) in [6.07, 6.45) is 1.83. The number of fused-ring (bicyclic) bond motifs is 1. The first kappa shape index (κ1) is 28.6. The summed E-state index contributed by atoms with van der Waals surface area (Å²) in [6.45, 7) is 0.109. The van der Waals surface area contributed by atoms with Gasteiger partial charge in [0.15, 0.2) is 0 Å². The van der Waals surface area contributed by atoms with E-state index in [0.717, 1.165) is 10.8 Å². The van der Waals surface area contributed by atoms with E-state index in [0.29, 0.717) is 30.8 Å². The van der Waals surface area contributed by atoms with Crippen molar-refractivity contribution >= 4 is 46.2 Å². The van der Waals surface area contributed by atoms with Crippen LogP contribution in [0.5, 0.6) is 0 Å². The molecule has 0 aliphatic carbocycles. The average Bonchev–Trinajstić information content (AvgIpc) is 2.92. The van der Waals surface area contributed by atoms with Crippen LogP contribution in [0.1, 0.15) is 18.4 Å². The molecule has 202 valence electrons. The molecule has 0 aliphatic heterocycles. The zero-order valence-electron chi connectivity index (χ0n) is 20.9. The number of nitrogens with zero attached hydrogens (tertiary/aromatic N) is 2. The van der Waals surface area contributed by atoms with Gasteiger partial charge in [0.25, 0.3) is 0 Å². The lowest BCUT2D eigenvalue weighted by Gasteiger charge is -2.28. The Balaban J connectivity index is 1.59. The summed E-state index contributed by atoms with van der Waals surface area (Å²) in [5.41, 5.74) is 5.73. The molecule has 1 aromatic heterocycles. The number of benzene rings is 2. The van der Waals surface area contributed by atoms with Crippen molar-refractivity contribution in [1.82, 2.24) is 20.5 Å². The van der Waals surface area contributed by atoms with Gasteiger partial charge in [-0.1, -0.05) is 48.0 Å². The maximum atomic E-state index is 13.7. The molecule has 5 N–H and O–H groups in total. The van der Waals surface area contributed by atoms with Crippen molar-refractivity contribution in [2.75, 3.05) is 32.1 Å². The van der Waals surface area contributed by atoms with Gasteiger partial charge in [0.05, 0.1) is 17.6 Å². The second kappa shape index (κ2) is 14.1. The number of anilines is 1. The number of pyridine rings is 1. The fourth-order valence-corrected chi connectivity index (χ4v) is 3.83. The van der Waals surface area contributed by atoms with E-state index in [9.17, 15) is 18.8 Å². The van der Waals surface area contributed by atoms with E-state index < -0.39 is 24.0 Å². The van der Waals surface area contributed by atoms with Crippen LogP contribution in [-0.4, -0.2) is 60.7 Å². The quantitative estimate of drug-likeness (QED) is 0.272. The van der Waals surface area contributed by atoms with Crippen LogP contribution >= 0.6 is 11.6 Å². The highest BCUT2D eigenvalue weighted by Gasteiger charge is 2.22. The molecule has 3 rings (SSSR count). The number of amides is 4. The van der Waals surface area contributed by atoms with Crippen LogP contribution in [-0.2, 0) is 16.1 Å². The smallest absolute Gasteiger partial charge is 0.412 e. The monoisotopic (exact) mass is 544 g/mol. The summed E-state index contributed by atoms with van der Waals surface area (Å²) in [6, 6.07) is 12.7. The van der Waals surface area contributed by atoms with E-state index in [4.69, 9.17) is 22.1 Å². The number of rotatable bonds is 11. The number of aromatic nitrogens is 1. The Morgan fingerprint density at radius 1 is 1.13 bits per heavy atom. The van der Waals surface area contributed by atoms with Gasteiger partial charge in [-0.2, -0.15) is 0 Å². The first-order chi connectivity index (χ1) is 18.3. The van der Waals surface area contributed by atoms with Crippen molar-refractivity contribution in [3.8, 4) is 0 Å². The molecular weight excluding hydrogens is 515 g/mol. The Labute approximate surface area is 224 Å². The van der Waals surface area contributed by atoms with Crippen LogP contribution in [0.3, 0.4) is 0 Å². The molecule has 0 spiro atoms. The van der Waals surface area contributed by atoms with E-state index in [1.54, 1.807) is 25.4 Å². The van der Waals surface area contributed by atoms with Crippen molar-refractivity contribution in [1.29, 1.82) is 0 Å². The Morgan fingerprint density at radius 2 is 1.89 bits per heavy atom. The number of carbonyl (C=O) groups is 3. The van der Waals surface area contributed by atoms with E-state index in [1.807, 2.05) is 24.3 Å². The van der Waals surface area contributed by atoms with Crippen LogP contribution in [0.25, 0.3) is 10.8 Å². The number of nitrogens with one attached hydrogen (secondary N) is 3. The van der Waals surface area contributed by atoms with Gasteiger partial charge in [-0.3, -0.25) is 10.1 Å². The molecule has 0 aliphatic rings. The van der Waals surface area contributed by atoms with E-state index in [1.165, 1.54) is 17.0 Å². The Kier molecular flexibility index (Phi) is 10.6. The first-order valence-electron chi connectivity index (χ1n) is 12.0. The van der Waals surface area contributed by atoms with Crippen molar-refractivity contribution in [2.24, 2.45) is 5.73 Å². The molecule has 3 aromatic rings. The molecule has 0 fully saturated rings. The molecule has 0 bridgehead atoms. The molecule has 12 heteroatoms. The summed E-state index contributed by atoms with van der Waals surface area (Å²) in [4.78, 5) is 42.3. The molecule has 38 heavy (non-hydrogen) atoms. The highest BCUT2D eigenvalue weighted by molar-refractivity contribution is 6.31. The third-order valence-corrected chi connectivity index (χ3v) is 6.24. The van der Waals surface area contributed by atoms with Gasteiger partial charge in [-0.05, 0) is 35.9 Å². The highest BCUT2D eigenvalue weighted by atomic mass is 35.5. The van der Waals surface area contributed by atoms with E-state index in [-0.39, 0.29) is 30.6 Å². The predicted molar refractivity (Wildman–Crippen MR) is 143 cm³/mol. The SMILES string of the molecule is CN(C(=O)NCc1cccc(F)c1Cl)[C@@H](CCCNC(=O)CN)COC(=O)Nc1cc2ccccc2cn1. The molecule has 0 radical (unpaired) electrons. The highest BCUT2D eigenvalue weighted by Crippen LogP contribution is 2.20. The normalized spacial score (nSPS) is 11.5. The summed E-state index contributed by atoms with van der Waals surface area (Å²) >= 11 is 5.97. The van der Waals surface area contributed by atoms with Crippen LogP contribution in [0, 0.1) is 5.82 Å². The summed E-state index contributed by atoms with van der Waals surface area (Å²) in [5.74, 6) is -0.546. The molecule has 10 nitrogen and oxygen atoms in total. The molecule has 1 atom stereocenters. The second-order valence-corrected chi connectivity index (χ2v) is 8.85. The fourth-order valence-electron chi connectivity index (χ4n) is 3.64. The molecule has 1 heterocycles. The Bertz CT molecular complexity index is 1280. The summed E-state index contributed by atoms with van der Waals surface area (Å²) in [5, 5.41) is 9.72. The molecule has 0 saturated carbocycles. The lowest BCUT2D eigenvalue weighted by molar-refractivity contribution is -0.119. The van der Waals surface area contributed by atoms with Crippen LogP contribution in [0.2, 0.25) is 5.02 Å². The summed E-state index contributed by atoms with van der Waals surface area (Å²) in [7, 11) is 1.55. The van der Waals surface area contributed by atoms with Gasteiger partial charge < -0.3 is 26.0 Å². The summed E-state index contributed by atoms with van der Waals surface area (Å²) < 4.78 is 19.1. The van der Waals surface area contributed by atoms with Gasteiger partial charge in [0, 0.05) is 31.7 Å². The number of likely N-dealkylation sites (N-methyl/N-ethyl adjacent to an activating group) is 1. The number of carbonyl (C=O) groups excluding carboxylic acids is 3.